The predicted octanol–water partition coefficient (Wildman–Crippen LogP) is 4.39. The summed E-state index contributed by atoms with van der Waals surface area (Å²) in [5.74, 6) is 0.826. The lowest BCUT2D eigenvalue weighted by Crippen LogP contribution is -2.45. The lowest BCUT2D eigenvalue weighted by Gasteiger charge is -2.34. The first-order valence-corrected chi connectivity index (χ1v) is 11.3. The summed E-state index contributed by atoms with van der Waals surface area (Å²) >= 11 is 3.28. The molecule has 2 atom stereocenters. The Morgan fingerprint density at radius 1 is 1.18 bits per heavy atom. The fraction of sp³-hybridized carbons (Fsp3) is 0.450. The first kappa shape index (κ1) is 18.2. The predicted molar refractivity (Wildman–Crippen MR) is 113 cm³/mol. The molecule has 0 spiro atoms. The minimum Gasteiger partial charge on any atom is -0.378 e. The van der Waals surface area contributed by atoms with Gasteiger partial charge in [-0.3, -0.25) is 4.90 Å². The van der Waals surface area contributed by atoms with E-state index in [1.54, 1.807) is 22.7 Å². The van der Waals surface area contributed by atoms with Crippen molar-refractivity contribution in [3.05, 3.63) is 40.0 Å². The summed E-state index contributed by atoms with van der Waals surface area (Å²) in [6.45, 7) is 6.76. The molecule has 5 rings (SSSR count). The number of hydrogen-bond donors (Lipinski definition) is 1. The summed E-state index contributed by atoms with van der Waals surface area (Å²) in [5, 5.41) is 7.33. The normalized spacial score (nSPS) is 21.9. The van der Waals surface area contributed by atoms with Gasteiger partial charge in [0.1, 0.15) is 5.82 Å². The average Bonchev–Trinajstić information content (AvgIpc) is 3.32. The molecular formula is C20H23N5OS2. The van der Waals surface area contributed by atoms with Crippen LogP contribution in [0.5, 0.6) is 0 Å². The number of nitrogens with zero attached hydrogens (tertiary/aromatic N) is 4. The number of morpholine rings is 1. The van der Waals surface area contributed by atoms with Crippen LogP contribution < -0.4 is 5.32 Å². The Morgan fingerprint density at radius 2 is 2.00 bits per heavy atom. The Bertz CT molecular complexity index is 951. The van der Waals surface area contributed by atoms with Gasteiger partial charge in [0.05, 0.1) is 34.5 Å². The third-order valence-electron chi connectivity index (χ3n) is 5.46. The molecular weight excluding hydrogens is 390 g/mol. The van der Waals surface area contributed by atoms with Crippen molar-refractivity contribution in [2.45, 2.75) is 45.3 Å². The van der Waals surface area contributed by atoms with Crippen molar-refractivity contribution in [1.82, 2.24) is 19.9 Å². The van der Waals surface area contributed by atoms with E-state index in [-0.39, 0.29) is 0 Å². The Kier molecular flexibility index (Phi) is 4.88. The largest absolute Gasteiger partial charge is 0.378 e. The van der Waals surface area contributed by atoms with Crippen LogP contribution in [0.4, 0.5) is 10.9 Å². The minimum absolute atomic E-state index is 0.573. The van der Waals surface area contributed by atoms with Crippen LogP contribution in [0.2, 0.25) is 0 Å². The van der Waals surface area contributed by atoms with Gasteiger partial charge in [-0.25, -0.2) is 15.0 Å². The summed E-state index contributed by atoms with van der Waals surface area (Å²) in [5.41, 5.74) is 3.27. The van der Waals surface area contributed by atoms with Gasteiger partial charge in [0.15, 0.2) is 5.13 Å². The zero-order valence-corrected chi connectivity index (χ0v) is 17.6. The molecule has 3 aromatic rings. The molecule has 2 aliphatic heterocycles. The number of anilines is 2. The molecule has 2 saturated heterocycles. The molecule has 1 N–H and O–H groups in total. The summed E-state index contributed by atoms with van der Waals surface area (Å²) in [6.07, 6.45) is 4.48. The topological polar surface area (TPSA) is 63.2 Å². The Morgan fingerprint density at radius 3 is 2.68 bits per heavy atom. The summed E-state index contributed by atoms with van der Waals surface area (Å²) in [7, 11) is 0. The maximum Gasteiger partial charge on any atom is 0.188 e. The Labute approximate surface area is 172 Å². The third-order valence-corrected chi connectivity index (χ3v) is 7.31. The first-order valence-electron chi connectivity index (χ1n) is 9.61. The van der Waals surface area contributed by atoms with E-state index in [0.29, 0.717) is 12.1 Å². The van der Waals surface area contributed by atoms with Crippen molar-refractivity contribution >= 4 is 33.6 Å². The van der Waals surface area contributed by atoms with Gasteiger partial charge in [0, 0.05) is 30.2 Å². The molecule has 146 valence electrons. The second-order valence-electron chi connectivity index (χ2n) is 7.46. The van der Waals surface area contributed by atoms with E-state index in [2.05, 4.69) is 31.6 Å². The zero-order chi connectivity index (χ0) is 19.1. The highest BCUT2D eigenvalue weighted by atomic mass is 32.1. The first-order chi connectivity index (χ1) is 13.7. The fourth-order valence-electron chi connectivity index (χ4n) is 4.09. The second kappa shape index (κ2) is 7.51. The van der Waals surface area contributed by atoms with Crippen molar-refractivity contribution in [1.29, 1.82) is 0 Å². The molecule has 0 radical (unpaired) electrons. The SMILES string of the molecule is Cc1nc(C)c(-c2csc(Nc3ccc(CN4[C@@H]5CC[C@H]4COC5)cn3)n2)s1. The number of aryl methyl sites for hydroxylation is 2. The third kappa shape index (κ3) is 3.57. The van der Waals surface area contributed by atoms with E-state index in [4.69, 9.17) is 9.72 Å². The maximum absolute atomic E-state index is 5.68. The number of ether oxygens (including phenoxy) is 1. The molecule has 2 bridgehead atoms. The van der Waals surface area contributed by atoms with E-state index < -0.39 is 0 Å². The molecule has 0 unspecified atom stereocenters. The maximum atomic E-state index is 5.68. The molecule has 0 aliphatic carbocycles. The van der Waals surface area contributed by atoms with E-state index in [9.17, 15) is 0 Å². The number of hydrogen-bond acceptors (Lipinski definition) is 8. The smallest absolute Gasteiger partial charge is 0.188 e. The lowest BCUT2D eigenvalue weighted by molar-refractivity contribution is -0.0187. The average molecular weight is 414 g/mol. The standard InChI is InChI=1S/C20H23N5OS2/c1-12-19(28-13(2)22-12)17-11-27-20(23-17)24-18-6-3-14(7-21-18)8-25-15-4-5-16(25)10-26-9-15/h3,6-7,11,15-16H,4-5,8-10H2,1-2H3,(H,21,23,24)/t15-,16+. The zero-order valence-electron chi connectivity index (χ0n) is 16.0. The molecule has 2 fully saturated rings. The molecule has 0 amide bonds. The molecule has 8 heteroatoms. The number of nitrogens with one attached hydrogen (secondary N) is 1. The monoisotopic (exact) mass is 413 g/mol. The van der Waals surface area contributed by atoms with Gasteiger partial charge >= 0.3 is 0 Å². The van der Waals surface area contributed by atoms with Crippen LogP contribution in [0.1, 0.15) is 29.1 Å². The van der Waals surface area contributed by atoms with Gasteiger partial charge in [-0.1, -0.05) is 6.07 Å². The van der Waals surface area contributed by atoms with Gasteiger partial charge in [-0.2, -0.15) is 0 Å². The number of fused-ring (bicyclic) bond motifs is 2. The number of thiazole rings is 2. The highest BCUT2D eigenvalue weighted by Crippen LogP contribution is 2.33. The van der Waals surface area contributed by atoms with Crippen LogP contribution >= 0.6 is 22.7 Å². The summed E-state index contributed by atoms with van der Waals surface area (Å²) in [4.78, 5) is 17.5. The van der Waals surface area contributed by atoms with Gasteiger partial charge in [-0.05, 0) is 38.3 Å². The molecule has 5 heterocycles. The fourth-order valence-corrected chi connectivity index (χ4v) is 5.75. The van der Waals surface area contributed by atoms with Gasteiger partial charge in [0.2, 0.25) is 0 Å². The minimum atomic E-state index is 0.573. The molecule has 3 aromatic heterocycles. The molecule has 0 aromatic carbocycles. The molecule has 6 nitrogen and oxygen atoms in total. The van der Waals surface area contributed by atoms with Crippen molar-refractivity contribution in [3.8, 4) is 10.6 Å². The van der Waals surface area contributed by atoms with Crippen LogP contribution in [0.3, 0.4) is 0 Å². The number of aromatic nitrogens is 3. The van der Waals surface area contributed by atoms with Gasteiger partial charge in [0.25, 0.3) is 0 Å². The van der Waals surface area contributed by atoms with Crippen LogP contribution in [-0.4, -0.2) is 45.1 Å². The van der Waals surface area contributed by atoms with Crippen molar-refractivity contribution in [3.63, 3.8) is 0 Å². The van der Waals surface area contributed by atoms with E-state index in [1.807, 2.05) is 26.1 Å². The summed E-state index contributed by atoms with van der Waals surface area (Å²) < 4.78 is 5.68. The highest BCUT2D eigenvalue weighted by Gasteiger charge is 2.37. The van der Waals surface area contributed by atoms with E-state index in [0.717, 1.165) is 52.0 Å². The van der Waals surface area contributed by atoms with Crippen molar-refractivity contribution in [2.75, 3.05) is 18.5 Å². The Balaban J connectivity index is 1.25. The van der Waals surface area contributed by atoms with E-state index in [1.165, 1.54) is 18.4 Å². The van der Waals surface area contributed by atoms with Crippen molar-refractivity contribution in [2.24, 2.45) is 0 Å². The lowest BCUT2D eigenvalue weighted by atomic mass is 10.2. The second-order valence-corrected chi connectivity index (χ2v) is 9.52. The van der Waals surface area contributed by atoms with Gasteiger partial charge in [-0.15, -0.1) is 22.7 Å². The highest BCUT2D eigenvalue weighted by molar-refractivity contribution is 7.16. The quantitative estimate of drug-likeness (QED) is 0.669. The molecule has 2 aliphatic rings. The molecule has 28 heavy (non-hydrogen) atoms. The molecule has 0 saturated carbocycles. The van der Waals surface area contributed by atoms with Crippen LogP contribution in [-0.2, 0) is 11.3 Å². The summed E-state index contributed by atoms with van der Waals surface area (Å²) in [6, 6.07) is 5.35. The van der Waals surface area contributed by atoms with Crippen LogP contribution in [0.25, 0.3) is 10.6 Å². The van der Waals surface area contributed by atoms with Crippen LogP contribution in [0.15, 0.2) is 23.7 Å². The number of rotatable bonds is 5. The Hall–Kier alpha value is -1.87. The van der Waals surface area contributed by atoms with Gasteiger partial charge < -0.3 is 10.1 Å². The van der Waals surface area contributed by atoms with Crippen molar-refractivity contribution < 1.29 is 4.74 Å². The van der Waals surface area contributed by atoms with E-state index >= 15 is 0 Å². The van der Waals surface area contributed by atoms with Crippen LogP contribution in [0, 0.1) is 13.8 Å². The number of pyridine rings is 1.